The molecule has 3 atom stereocenters. The number of thioether (sulfide) groups is 1. The largest absolute Gasteiger partial charge is 0.289 e. The summed E-state index contributed by atoms with van der Waals surface area (Å²) in [5.41, 5.74) is 1.57. The molecule has 1 aromatic heterocycles. The summed E-state index contributed by atoms with van der Waals surface area (Å²) in [5.74, 6) is -0.389. The number of thiophene rings is 1. The highest BCUT2D eigenvalue weighted by Crippen LogP contribution is 2.49. The quantitative estimate of drug-likeness (QED) is 0.402. The van der Waals surface area contributed by atoms with Crippen LogP contribution in [0.25, 0.3) is 17.2 Å². The number of aryl methyl sites for hydroxylation is 1. The zero-order valence-corrected chi connectivity index (χ0v) is 18.2. The number of nitrogens with zero attached hydrogens (tertiary/aromatic N) is 1. The highest BCUT2D eigenvalue weighted by atomic mass is 32.2. The lowest BCUT2D eigenvalue weighted by molar-refractivity contribution is -0.124. The zero-order valence-electron chi connectivity index (χ0n) is 15.8. The molecule has 2 heterocycles. The van der Waals surface area contributed by atoms with E-state index >= 15 is 0 Å². The molecule has 2 aliphatic carbocycles. The topological polar surface area (TPSA) is 20.3 Å². The highest BCUT2D eigenvalue weighted by Gasteiger charge is 2.47. The first-order valence-electron chi connectivity index (χ1n) is 9.73. The van der Waals surface area contributed by atoms with Gasteiger partial charge in [0.1, 0.15) is 4.32 Å². The summed E-state index contributed by atoms with van der Waals surface area (Å²) in [7, 11) is 0. The number of carbonyl (C=O) groups excluding carboxylic acids is 1. The predicted octanol–water partition coefficient (Wildman–Crippen LogP) is 6.39. The lowest BCUT2D eigenvalue weighted by Gasteiger charge is -2.30. The molecule has 3 aliphatic rings. The van der Waals surface area contributed by atoms with Crippen LogP contribution in [0.4, 0.5) is 8.78 Å². The maximum atomic E-state index is 14.3. The molecule has 1 aliphatic heterocycles. The molecule has 7 heteroatoms. The van der Waals surface area contributed by atoms with Crippen LogP contribution >= 0.6 is 35.3 Å². The second kappa shape index (κ2) is 7.29. The van der Waals surface area contributed by atoms with E-state index in [1.54, 1.807) is 24.4 Å². The molecule has 1 aromatic carbocycles. The number of amides is 1. The molecule has 2 aromatic rings. The standard InChI is InChI=1S/C22H19F2NOS3/c1-11-2-5-16(23)20(24)19(11)14-8-15(28-10-14)9-18-21(26)25(22(27)29-18)17-7-12-3-4-13(17)6-12/h2,5,8-10,12-13,17H,3-4,6-7H2,1H3/b18-9-. The average molecular weight is 448 g/mol. The van der Waals surface area contributed by atoms with Crippen LogP contribution in [0.15, 0.2) is 28.5 Å². The van der Waals surface area contributed by atoms with Crippen LogP contribution in [0, 0.1) is 30.4 Å². The van der Waals surface area contributed by atoms with Crippen LogP contribution in [0.2, 0.25) is 0 Å². The Bertz CT molecular complexity index is 1060. The van der Waals surface area contributed by atoms with Crippen molar-refractivity contribution in [2.75, 3.05) is 0 Å². The Morgan fingerprint density at radius 2 is 2.07 bits per heavy atom. The molecule has 3 unspecified atom stereocenters. The fourth-order valence-electron chi connectivity index (χ4n) is 4.98. The molecular weight excluding hydrogens is 428 g/mol. The van der Waals surface area contributed by atoms with Crippen LogP contribution in [-0.2, 0) is 4.79 Å². The van der Waals surface area contributed by atoms with Crippen LogP contribution in [0.1, 0.15) is 36.1 Å². The molecule has 5 rings (SSSR count). The minimum Gasteiger partial charge on any atom is -0.289 e. The van der Waals surface area contributed by atoms with E-state index in [4.69, 9.17) is 12.2 Å². The molecule has 1 amide bonds. The van der Waals surface area contributed by atoms with Gasteiger partial charge in [-0.1, -0.05) is 36.5 Å². The van der Waals surface area contributed by atoms with Gasteiger partial charge in [0.25, 0.3) is 5.91 Å². The van der Waals surface area contributed by atoms with E-state index in [0.29, 0.717) is 26.3 Å². The first kappa shape index (κ1) is 19.4. The van der Waals surface area contributed by atoms with Gasteiger partial charge in [0.2, 0.25) is 0 Å². The monoisotopic (exact) mass is 447 g/mol. The van der Waals surface area contributed by atoms with E-state index in [9.17, 15) is 13.6 Å². The summed E-state index contributed by atoms with van der Waals surface area (Å²) < 4.78 is 28.6. The molecule has 3 fully saturated rings. The fourth-order valence-corrected chi connectivity index (χ4v) is 7.25. The second-order valence-electron chi connectivity index (χ2n) is 8.08. The SMILES string of the molecule is Cc1ccc(F)c(F)c1-c1csc(/C=C2\SC(=S)N(C3CC4CCC3C4)C2=O)c1. The molecule has 2 bridgehead atoms. The molecule has 0 radical (unpaired) electrons. The van der Waals surface area contributed by atoms with Crippen molar-refractivity contribution in [1.29, 1.82) is 0 Å². The van der Waals surface area contributed by atoms with Crippen molar-refractivity contribution in [3.8, 4) is 11.1 Å². The third-order valence-electron chi connectivity index (χ3n) is 6.34. The van der Waals surface area contributed by atoms with Gasteiger partial charge in [0, 0.05) is 16.5 Å². The van der Waals surface area contributed by atoms with Gasteiger partial charge in [-0.05, 0) is 72.7 Å². The summed E-state index contributed by atoms with van der Waals surface area (Å²) in [6.07, 6.45) is 6.57. The number of benzene rings is 1. The predicted molar refractivity (Wildman–Crippen MR) is 119 cm³/mol. The summed E-state index contributed by atoms with van der Waals surface area (Å²) in [5, 5.41) is 1.80. The number of fused-ring (bicyclic) bond motifs is 2. The maximum Gasteiger partial charge on any atom is 0.266 e. The van der Waals surface area contributed by atoms with Gasteiger partial charge in [0.15, 0.2) is 11.6 Å². The highest BCUT2D eigenvalue weighted by molar-refractivity contribution is 8.26. The molecule has 2 nitrogen and oxygen atoms in total. The van der Waals surface area contributed by atoms with Gasteiger partial charge in [-0.15, -0.1) is 11.3 Å². The lowest BCUT2D eigenvalue weighted by atomic mass is 9.94. The molecule has 150 valence electrons. The zero-order chi connectivity index (χ0) is 20.3. The van der Waals surface area contributed by atoms with Crippen molar-refractivity contribution >= 4 is 51.6 Å². The van der Waals surface area contributed by atoms with Crippen molar-refractivity contribution in [2.24, 2.45) is 11.8 Å². The third-order valence-corrected chi connectivity index (χ3v) is 8.55. The molecule has 1 saturated heterocycles. The van der Waals surface area contributed by atoms with Crippen LogP contribution in [-0.4, -0.2) is 21.2 Å². The van der Waals surface area contributed by atoms with Gasteiger partial charge in [-0.25, -0.2) is 8.78 Å². The minimum atomic E-state index is -0.856. The van der Waals surface area contributed by atoms with E-state index in [-0.39, 0.29) is 17.5 Å². The van der Waals surface area contributed by atoms with Crippen LogP contribution in [0.3, 0.4) is 0 Å². The fraction of sp³-hybridized carbons (Fsp3) is 0.364. The number of hydrogen-bond acceptors (Lipinski definition) is 4. The van der Waals surface area contributed by atoms with E-state index in [1.165, 1.54) is 42.4 Å². The van der Waals surface area contributed by atoms with Gasteiger partial charge >= 0.3 is 0 Å². The molecule has 2 saturated carbocycles. The Hall–Kier alpha value is -1.57. The summed E-state index contributed by atoms with van der Waals surface area (Å²) in [6.45, 7) is 1.76. The summed E-state index contributed by atoms with van der Waals surface area (Å²) >= 11 is 8.29. The van der Waals surface area contributed by atoms with E-state index < -0.39 is 11.6 Å². The van der Waals surface area contributed by atoms with Crippen molar-refractivity contribution < 1.29 is 13.6 Å². The minimum absolute atomic E-state index is 0.0133. The summed E-state index contributed by atoms with van der Waals surface area (Å²) in [4.78, 5) is 16.3. The Morgan fingerprint density at radius 1 is 1.24 bits per heavy atom. The maximum absolute atomic E-state index is 14.3. The number of carbonyl (C=O) groups is 1. The molecule has 0 spiro atoms. The Morgan fingerprint density at radius 3 is 2.79 bits per heavy atom. The third kappa shape index (κ3) is 3.27. The smallest absolute Gasteiger partial charge is 0.266 e. The van der Waals surface area contributed by atoms with Crippen LogP contribution in [0.5, 0.6) is 0 Å². The first-order valence-corrected chi connectivity index (χ1v) is 11.8. The van der Waals surface area contributed by atoms with E-state index in [2.05, 4.69) is 0 Å². The van der Waals surface area contributed by atoms with Gasteiger partial charge in [-0.3, -0.25) is 9.69 Å². The average Bonchev–Trinajstić information content (AvgIpc) is 3.45. The normalized spacial score (nSPS) is 27.6. The van der Waals surface area contributed by atoms with Gasteiger partial charge in [-0.2, -0.15) is 0 Å². The van der Waals surface area contributed by atoms with E-state index in [1.807, 2.05) is 11.0 Å². The number of rotatable bonds is 3. The van der Waals surface area contributed by atoms with Gasteiger partial charge in [0.05, 0.1) is 4.91 Å². The molecule has 0 N–H and O–H groups in total. The summed E-state index contributed by atoms with van der Waals surface area (Å²) in [6, 6.07) is 4.77. The number of hydrogen-bond donors (Lipinski definition) is 0. The van der Waals surface area contributed by atoms with Crippen LogP contribution < -0.4 is 0 Å². The van der Waals surface area contributed by atoms with Crippen molar-refractivity contribution in [1.82, 2.24) is 4.90 Å². The van der Waals surface area contributed by atoms with Gasteiger partial charge < -0.3 is 0 Å². The second-order valence-corrected chi connectivity index (χ2v) is 10.7. The Labute approximate surface area is 182 Å². The van der Waals surface area contributed by atoms with E-state index in [0.717, 1.165) is 23.3 Å². The lowest BCUT2D eigenvalue weighted by Crippen LogP contribution is -2.41. The van der Waals surface area contributed by atoms with Crippen molar-refractivity contribution in [2.45, 2.75) is 38.6 Å². The number of halogens is 2. The molecule has 29 heavy (non-hydrogen) atoms. The van der Waals surface area contributed by atoms with Crippen molar-refractivity contribution in [3.05, 3.63) is 50.6 Å². The number of thiocarbonyl (C=S) groups is 1. The Kier molecular flexibility index (Phi) is 4.87. The Balaban J connectivity index is 1.42. The molecular formula is C22H19F2NOS3. The van der Waals surface area contributed by atoms with Crippen molar-refractivity contribution in [3.63, 3.8) is 0 Å². The first-order chi connectivity index (χ1) is 13.9.